The Balaban J connectivity index is 2.13. The number of carbonyl (C=O) groups is 2. The molecule has 0 fully saturated rings. The van der Waals surface area contributed by atoms with E-state index in [9.17, 15) is 18.0 Å². The van der Waals surface area contributed by atoms with Gasteiger partial charge < -0.3 is 15.0 Å². The average Bonchev–Trinajstić information content (AvgIpc) is 2.67. The van der Waals surface area contributed by atoms with Gasteiger partial charge in [-0.2, -0.15) is 0 Å². The van der Waals surface area contributed by atoms with Gasteiger partial charge in [0.2, 0.25) is 15.9 Å². The molecule has 156 valence electrons. The molecule has 0 aliphatic heterocycles. The Hall–Kier alpha value is -2.62. The van der Waals surface area contributed by atoms with Gasteiger partial charge in [0.25, 0.3) is 5.91 Å². The summed E-state index contributed by atoms with van der Waals surface area (Å²) in [4.78, 5) is 26.1. The third-order valence-electron chi connectivity index (χ3n) is 4.05. The molecule has 0 atom stereocenters. The van der Waals surface area contributed by atoms with E-state index in [-0.39, 0.29) is 22.0 Å². The van der Waals surface area contributed by atoms with Crippen LogP contribution in [0.2, 0.25) is 5.02 Å². The van der Waals surface area contributed by atoms with Gasteiger partial charge in [-0.25, -0.2) is 12.7 Å². The minimum Gasteiger partial charge on any atom is -0.497 e. The zero-order valence-corrected chi connectivity index (χ0v) is 18.0. The van der Waals surface area contributed by atoms with E-state index in [1.54, 1.807) is 24.3 Å². The van der Waals surface area contributed by atoms with E-state index in [1.807, 2.05) is 0 Å². The van der Waals surface area contributed by atoms with E-state index in [0.29, 0.717) is 11.4 Å². The highest BCUT2D eigenvalue weighted by Gasteiger charge is 2.23. The van der Waals surface area contributed by atoms with Crippen LogP contribution in [0.15, 0.2) is 47.4 Å². The van der Waals surface area contributed by atoms with E-state index in [1.165, 1.54) is 46.5 Å². The Labute approximate surface area is 175 Å². The van der Waals surface area contributed by atoms with E-state index in [0.717, 1.165) is 9.21 Å². The Morgan fingerprint density at radius 1 is 1.07 bits per heavy atom. The standard InChI is InChI=1S/C19H22ClN3O5S/c1-22(2)29(26,27)15-9-10-17(20)16(11-15)19(25)23(3)12-18(24)21-13-5-7-14(28-4)8-6-13/h5-11H,12H2,1-4H3,(H,21,24). The summed E-state index contributed by atoms with van der Waals surface area (Å²) in [6, 6.07) is 10.6. The monoisotopic (exact) mass is 439 g/mol. The van der Waals surface area contributed by atoms with Crippen LogP contribution in [0.3, 0.4) is 0 Å². The molecule has 29 heavy (non-hydrogen) atoms. The fourth-order valence-corrected chi connectivity index (χ4v) is 3.53. The number of carbonyl (C=O) groups excluding carboxylic acids is 2. The van der Waals surface area contributed by atoms with Gasteiger partial charge in [0.05, 0.1) is 29.1 Å². The zero-order chi connectivity index (χ0) is 21.8. The van der Waals surface area contributed by atoms with Gasteiger partial charge in [0, 0.05) is 26.8 Å². The quantitative estimate of drug-likeness (QED) is 0.714. The third kappa shape index (κ3) is 5.47. The number of hydrogen-bond donors (Lipinski definition) is 1. The molecule has 1 N–H and O–H groups in total. The second-order valence-electron chi connectivity index (χ2n) is 6.37. The van der Waals surface area contributed by atoms with Crippen molar-refractivity contribution in [1.29, 1.82) is 0 Å². The molecule has 0 aliphatic carbocycles. The van der Waals surface area contributed by atoms with Gasteiger partial charge in [-0.1, -0.05) is 11.6 Å². The maximum absolute atomic E-state index is 12.7. The number of likely N-dealkylation sites (N-methyl/N-ethyl adjacent to an activating group) is 1. The van der Waals surface area contributed by atoms with Crippen molar-refractivity contribution in [3.63, 3.8) is 0 Å². The molecular weight excluding hydrogens is 418 g/mol. The fourth-order valence-electron chi connectivity index (χ4n) is 2.41. The van der Waals surface area contributed by atoms with E-state index >= 15 is 0 Å². The lowest BCUT2D eigenvalue weighted by atomic mass is 10.2. The second-order valence-corrected chi connectivity index (χ2v) is 8.93. The Morgan fingerprint density at radius 2 is 1.69 bits per heavy atom. The summed E-state index contributed by atoms with van der Waals surface area (Å²) >= 11 is 6.09. The first kappa shape index (κ1) is 22.7. The molecule has 0 radical (unpaired) electrons. The van der Waals surface area contributed by atoms with Gasteiger partial charge >= 0.3 is 0 Å². The van der Waals surface area contributed by atoms with Crippen LogP contribution in [0, 0.1) is 0 Å². The highest BCUT2D eigenvalue weighted by molar-refractivity contribution is 7.89. The van der Waals surface area contributed by atoms with Crippen molar-refractivity contribution in [1.82, 2.24) is 9.21 Å². The van der Waals surface area contributed by atoms with Gasteiger partial charge in [-0.3, -0.25) is 9.59 Å². The second kappa shape index (κ2) is 9.25. The van der Waals surface area contributed by atoms with E-state index < -0.39 is 21.8 Å². The molecule has 0 unspecified atom stereocenters. The Kier molecular flexibility index (Phi) is 7.23. The molecule has 0 aliphatic rings. The number of anilines is 1. The summed E-state index contributed by atoms with van der Waals surface area (Å²) in [5, 5.41) is 2.76. The van der Waals surface area contributed by atoms with Crippen LogP contribution >= 0.6 is 11.6 Å². The molecule has 0 saturated carbocycles. The largest absolute Gasteiger partial charge is 0.497 e. The molecule has 0 heterocycles. The van der Waals surface area contributed by atoms with Crippen LogP contribution in [0.4, 0.5) is 5.69 Å². The number of hydrogen-bond acceptors (Lipinski definition) is 5. The number of methoxy groups -OCH3 is 1. The predicted octanol–water partition coefficient (Wildman–Crippen LogP) is 2.31. The molecule has 0 aromatic heterocycles. The maximum Gasteiger partial charge on any atom is 0.255 e. The molecule has 0 bridgehead atoms. The van der Waals surface area contributed by atoms with Crippen LogP contribution in [0.1, 0.15) is 10.4 Å². The van der Waals surface area contributed by atoms with Crippen molar-refractivity contribution in [2.45, 2.75) is 4.90 Å². The first-order valence-electron chi connectivity index (χ1n) is 8.47. The van der Waals surface area contributed by atoms with Crippen molar-refractivity contribution in [2.75, 3.05) is 40.1 Å². The summed E-state index contributed by atoms with van der Waals surface area (Å²) in [6.45, 7) is -0.244. The summed E-state index contributed by atoms with van der Waals surface area (Å²) in [7, 11) is 2.02. The number of nitrogens with zero attached hydrogens (tertiary/aromatic N) is 2. The average molecular weight is 440 g/mol. The lowest BCUT2D eigenvalue weighted by molar-refractivity contribution is -0.116. The molecule has 2 rings (SSSR count). The number of rotatable bonds is 7. The number of amides is 2. The zero-order valence-electron chi connectivity index (χ0n) is 16.5. The lowest BCUT2D eigenvalue weighted by Crippen LogP contribution is -2.35. The van der Waals surface area contributed by atoms with Crippen molar-refractivity contribution < 1.29 is 22.7 Å². The van der Waals surface area contributed by atoms with Crippen molar-refractivity contribution in [3.05, 3.63) is 53.1 Å². The minimum absolute atomic E-state index is 0.00524. The van der Waals surface area contributed by atoms with Crippen molar-refractivity contribution >= 4 is 39.1 Å². The van der Waals surface area contributed by atoms with Crippen molar-refractivity contribution in [2.24, 2.45) is 0 Å². The van der Waals surface area contributed by atoms with Gasteiger partial charge in [-0.15, -0.1) is 0 Å². The van der Waals surface area contributed by atoms with Gasteiger partial charge in [0.1, 0.15) is 5.75 Å². The number of sulfonamides is 1. The summed E-state index contributed by atoms with van der Waals surface area (Å²) in [6.07, 6.45) is 0. The predicted molar refractivity (Wildman–Crippen MR) is 111 cm³/mol. The molecule has 2 aromatic rings. The van der Waals surface area contributed by atoms with Crippen molar-refractivity contribution in [3.8, 4) is 5.75 Å². The number of benzene rings is 2. The summed E-state index contributed by atoms with van der Waals surface area (Å²) in [5.74, 6) is -0.340. The normalized spacial score (nSPS) is 11.2. The molecule has 0 saturated heterocycles. The van der Waals surface area contributed by atoms with Crippen LogP contribution in [-0.2, 0) is 14.8 Å². The van der Waals surface area contributed by atoms with E-state index in [4.69, 9.17) is 16.3 Å². The first-order chi connectivity index (χ1) is 13.6. The Morgan fingerprint density at radius 3 is 2.24 bits per heavy atom. The molecule has 2 amide bonds. The third-order valence-corrected chi connectivity index (χ3v) is 6.19. The van der Waals surface area contributed by atoms with E-state index in [2.05, 4.69) is 5.32 Å². The molecular formula is C19H22ClN3O5S. The maximum atomic E-state index is 12.7. The number of halogens is 1. The van der Waals surface area contributed by atoms with Crippen LogP contribution in [0.5, 0.6) is 5.75 Å². The number of ether oxygens (including phenoxy) is 1. The van der Waals surface area contributed by atoms with Gasteiger partial charge in [0.15, 0.2) is 0 Å². The van der Waals surface area contributed by atoms with Crippen LogP contribution in [0.25, 0.3) is 0 Å². The topological polar surface area (TPSA) is 96.0 Å². The minimum atomic E-state index is -3.73. The van der Waals surface area contributed by atoms with Crippen LogP contribution < -0.4 is 10.1 Å². The molecule has 10 heteroatoms. The lowest BCUT2D eigenvalue weighted by Gasteiger charge is -2.19. The Bertz CT molecular complexity index is 1010. The summed E-state index contributed by atoms with van der Waals surface area (Å²) in [5.41, 5.74) is 0.545. The molecule has 0 spiro atoms. The van der Waals surface area contributed by atoms with Gasteiger partial charge in [-0.05, 0) is 42.5 Å². The fraction of sp³-hybridized carbons (Fsp3) is 0.263. The smallest absolute Gasteiger partial charge is 0.255 e. The molecule has 8 nitrogen and oxygen atoms in total. The highest BCUT2D eigenvalue weighted by atomic mass is 35.5. The number of nitrogens with one attached hydrogen (secondary N) is 1. The summed E-state index contributed by atoms with van der Waals surface area (Å²) < 4.78 is 30.7. The SMILES string of the molecule is COc1ccc(NC(=O)CN(C)C(=O)c2cc(S(=O)(=O)N(C)C)ccc2Cl)cc1. The first-order valence-corrected chi connectivity index (χ1v) is 10.3. The molecule has 2 aromatic carbocycles. The highest BCUT2D eigenvalue weighted by Crippen LogP contribution is 2.23. The van der Waals surface area contributed by atoms with Crippen LogP contribution in [-0.4, -0.2) is 64.2 Å².